The van der Waals surface area contributed by atoms with Gasteiger partial charge in [-0.3, -0.25) is 14.3 Å². The summed E-state index contributed by atoms with van der Waals surface area (Å²) in [5.74, 6) is 2.10. The highest BCUT2D eigenvalue weighted by molar-refractivity contribution is 7.78. The second-order valence-electron chi connectivity index (χ2n) is 10.9. The molecular formula is C23H38N2O2S. The highest BCUT2D eigenvalue weighted by Gasteiger charge is 2.60. The Labute approximate surface area is 176 Å². The van der Waals surface area contributed by atoms with Crippen molar-refractivity contribution >= 4 is 25.0 Å². The maximum atomic E-state index is 13.1. The molecule has 3 saturated carbocycles. The van der Waals surface area contributed by atoms with Gasteiger partial charge in [0.25, 0.3) is 0 Å². The highest BCUT2D eigenvalue weighted by atomic mass is 32.1. The van der Waals surface area contributed by atoms with E-state index in [1.807, 2.05) is 0 Å². The number of allylic oxidation sites excluding steroid dienone is 1. The Hall–Kier alpha value is -0.810. The van der Waals surface area contributed by atoms with Gasteiger partial charge >= 0.3 is 0 Å². The van der Waals surface area contributed by atoms with E-state index in [4.69, 9.17) is 0 Å². The molecule has 1 amide bonds. The molecule has 0 aromatic rings. The molecule has 0 aliphatic heterocycles. The molecule has 5 heteroatoms. The highest BCUT2D eigenvalue weighted by Crippen LogP contribution is 2.64. The lowest BCUT2D eigenvalue weighted by Gasteiger charge is -2.58. The van der Waals surface area contributed by atoms with Gasteiger partial charge in [-0.1, -0.05) is 32.7 Å². The minimum absolute atomic E-state index is 0.0708. The Morgan fingerprint density at radius 2 is 1.79 bits per heavy atom. The number of hydrogen-bond acceptors (Lipinski definition) is 4. The van der Waals surface area contributed by atoms with E-state index in [0.29, 0.717) is 17.8 Å². The van der Waals surface area contributed by atoms with Crippen LogP contribution >= 0.6 is 12.8 Å². The molecule has 3 fully saturated rings. The minimum Gasteiger partial charge on any atom is -0.351 e. The number of hydrogen-bond donors (Lipinski definition) is 3. The van der Waals surface area contributed by atoms with Crippen LogP contribution in [0.15, 0.2) is 12.2 Å². The predicted molar refractivity (Wildman–Crippen MR) is 117 cm³/mol. The van der Waals surface area contributed by atoms with Gasteiger partial charge in [-0.2, -0.15) is 0 Å². The first kappa shape index (κ1) is 21.9. The fraction of sp³-hybridized carbons (Fsp3) is 0.826. The Kier molecular flexibility index (Phi) is 6.09. The normalized spacial score (nSPS) is 43.4. The summed E-state index contributed by atoms with van der Waals surface area (Å²) in [6.07, 6.45) is 11.3. The summed E-state index contributed by atoms with van der Waals surface area (Å²) in [6.45, 7) is 10.8. The number of thiol groups is 1. The molecule has 0 heterocycles. The van der Waals surface area contributed by atoms with Gasteiger partial charge in [0.15, 0.2) is 0 Å². The van der Waals surface area contributed by atoms with Crippen LogP contribution in [0.5, 0.6) is 0 Å². The molecule has 0 aromatic carbocycles. The number of fused-ring (bicyclic) bond motifs is 3. The van der Waals surface area contributed by atoms with Crippen molar-refractivity contribution in [1.29, 1.82) is 0 Å². The lowest BCUT2D eigenvalue weighted by Crippen LogP contribution is -2.56. The number of carbonyl (C=O) groups excluding carboxylic acids is 2. The first-order chi connectivity index (χ1) is 13.1. The average molecular weight is 407 g/mol. The van der Waals surface area contributed by atoms with Crippen molar-refractivity contribution in [2.24, 2.45) is 34.5 Å². The van der Waals surface area contributed by atoms with Crippen molar-refractivity contribution in [3.63, 3.8) is 0 Å². The Balaban J connectivity index is 1.86. The Morgan fingerprint density at radius 1 is 1.07 bits per heavy atom. The van der Waals surface area contributed by atoms with Crippen LogP contribution in [0.25, 0.3) is 0 Å². The van der Waals surface area contributed by atoms with Crippen LogP contribution < -0.4 is 10.0 Å². The second-order valence-corrected chi connectivity index (χ2v) is 11.2. The van der Waals surface area contributed by atoms with Crippen LogP contribution in [0, 0.1) is 34.5 Å². The zero-order valence-corrected chi connectivity index (χ0v) is 19.0. The lowest BCUT2D eigenvalue weighted by atomic mass is 9.48. The third kappa shape index (κ3) is 3.69. The molecule has 0 aromatic heterocycles. The van der Waals surface area contributed by atoms with Crippen LogP contribution in [0.3, 0.4) is 0 Å². The number of carbonyl (C=O) groups is 2. The maximum Gasteiger partial charge on any atom is 0.224 e. The van der Waals surface area contributed by atoms with E-state index in [1.54, 1.807) is 6.08 Å². The topological polar surface area (TPSA) is 58.2 Å². The monoisotopic (exact) mass is 406 g/mol. The molecule has 5 unspecified atom stereocenters. The molecule has 158 valence electrons. The standard InChI is InChI=1S/C23H38N2O2S/c1-21(2,3)24-20(27)18-9-8-16-15-7-10-19(25-28)23(5,12-6-14-26)17(15)11-13-22(16,18)4/h6,12,14-19,25,28H,7-11,13H2,1-5H3,(H,24,27)/b12-6-/t15?,16?,17?,18?,19?,22-,23+/m0/s1. The molecule has 0 saturated heterocycles. The van der Waals surface area contributed by atoms with Gasteiger partial charge < -0.3 is 5.32 Å². The first-order valence-electron chi connectivity index (χ1n) is 10.9. The molecule has 28 heavy (non-hydrogen) atoms. The Bertz CT molecular complexity index is 643. The zero-order valence-electron chi connectivity index (χ0n) is 18.1. The van der Waals surface area contributed by atoms with E-state index in [2.05, 4.69) is 63.5 Å². The average Bonchev–Trinajstić information content (AvgIpc) is 2.96. The van der Waals surface area contributed by atoms with E-state index >= 15 is 0 Å². The van der Waals surface area contributed by atoms with Gasteiger partial charge in [0.05, 0.1) is 0 Å². The van der Waals surface area contributed by atoms with Crippen LogP contribution in [0.4, 0.5) is 0 Å². The number of nitrogens with one attached hydrogen (secondary N) is 2. The number of rotatable bonds is 4. The summed E-state index contributed by atoms with van der Waals surface area (Å²) in [7, 11) is 0. The predicted octanol–water partition coefficient (Wildman–Crippen LogP) is 4.32. The third-order valence-electron chi connectivity index (χ3n) is 8.28. The SMILES string of the molecule is CC(C)(C)NC(=O)C1CCC2C3CCC(NS)[C@](C)(/C=C\C=O)C3CC[C@]12C. The van der Waals surface area contributed by atoms with Gasteiger partial charge in [-0.25, -0.2) is 0 Å². The van der Waals surface area contributed by atoms with Crippen molar-refractivity contribution in [2.75, 3.05) is 0 Å². The molecule has 0 radical (unpaired) electrons. The van der Waals surface area contributed by atoms with Crippen LogP contribution in [-0.4, -0.2) is 23.8 Å². The van der Waals surface area contributed by atoms with Gasteiger partial charge in [0.2, 0.25) is 5.91 Å². The van der Waals surface area contributed by atoms with Crippen molar-refractivity contribution in [1.82, 2.24) is 10.0 Å². The quantitative estimate of drug-likeness (QED) is 0.370. The van der Waals surface area contributed by atoms with Crippen molar-refractivity contribution < 1.29 is 9.59 Å². The van der Waals surface area contributed by atoms with Crippen LogP contribution in [0.2, 0.25) is 0 Å². The summed E-state index contributed by atoms with van der Waals surface area (Å²) in [5, 5.41) is 3.24. The smallest absolute Gasteiger partial charge is 0.224 e. The van der Waals surface area contributed by atoms with E-state index < -0.39 is 0 Å². The molecule has 3 aliphatic carbocycles. The minimum atomic E-state index is -0.183. The van der Waals surface area contributed by atoms with Gasteiger partial charge in [-0.15, -0.1) is 0 Å². The lowest BCUT2D eigenvalue weighted by molar-refractivity contribution is -0.134. The van der Waals surface area contributed by atoms with E-state index in [0.717, 1.165) is 38.4 Å². The summed E-state index contributed by atoms with van der Waals surface area (Å²) < 4.78 is 3.22. The number of aldehydes is 1. The molecular weight excluding hydrogens is 368 g/mol. The molecule has 4 nitrogen and oxygen atoms in total. The number of amides is 1. The molecule has 3 rings (SSSR count). The fourth-order valence-electron chi connectivity index (χ4n) is 6.97. The summed E-state index contributed by atoms with van der Waals surface area (Å²) in [5.41, 5.74) is -0.164. The molecule has 7 atom stereocenters. The summed E-state index contributed by atoms with van der Waals surface area (Å²) >= 11 is 4.40. The van der Waals surface area contributed by atoms with E-state index in [-0.39, 0.29) is 34.2 Å². The molecule has 3 aliphatic rings. The van der Waals surface area contributed by atoms with Gasteiger partial charge in [0.1, 0.15) is 6.29 Å². The largest absolute Gasteiger partial charge is 0.351 e. The fourth-order valence-corrected chi connectivity index (χ4v) is 7.38. The van der Waals surface area contributed by atoms with Crippen LogP contribution in [0.1, 0.15) is 73.1 Å². The summed E-state index contributed by atoms with van der Waals surface area (Å²) in [6, 6.07) is 0.277. The van der Waals surface area contributed by atoms with Crippen LogP contribution in [-0.2, 0) is 9.59 Å². The van der Waals surface area contributed by atoms with Crippen molar-refractivity contribution in [3.05, 3.63) is 12.2 Å². The van der Waals surface area contributed by atoms with Crippen molar-refractivity contribution in [3.8, 4) is 0 Å². The third-order valence-corrected chi connectivity index (χ3v) is 8.59. The zero-order chi connectivity index (χ0) is 20.7. The van der Waals surface area contributed by atoms with Gasteiger partial charge in [-0.05, 0) is 88.5 Å². The van der Waals surface area contributed by atoms with Gasteiger partial charge in [0, 0.05) is 22.9 Å². The first-order valence-corrected chi connectivity index (χ1v) is 11.4. The Morgan fingerprint density at radius 3 is 2.39 bits per heavy atom. The van der Waals surface area contributed by atoms with Crippen molar-refractivity contribution in [2.45, 2.75) is 84.7 Å². The summed E-state index contributed by atoms with van der Waals surface area (Å²) in [4.78, 5) is 24.1. The van der Waals surface area contributed by atoms with E-state index in [1.165, 1.54) is 6.42 Å². The molecule has 0 spiro atoms. The molecule has 0 bridgehead atoms. The second kappa shape index (κ2) is 7.79. The molecule has 2 N–H and O–H groups in total. The van der Waals surface area contributed by atoms with E-state index in [9.17, 15) is 9.59 Å². The maximum absolute atomic E-state index is 13.1.